The molecule has 2 amide bonds. The average molecular weight is 556 g/mol. The molecule has 0 aliphatic carbocycles. The number of fused-ring (bicyclic) bond motifs is 3. The van der Waals surface area contributed by atoms with Gasteiger partial charge in [0.15, 0.2) is 11.5 Å². The summed E-state index contributed by atoms with van der Waals surface area (Å²) in [6.07, 6.45) is 1.35. The number of aromatic carboxylic acids is 1. The third-order valence-electron chi connectivity index (χ3n) is 7.12. The fourth-order valence-corrected chi connectivity index (χ4v) is 5.55. The van der Waals surface area contributed by atoms with E-state index < -0.39 is 23.0 Å². The summed E-state index contributed by atoms with van der Waals surface area (Å²) in [5, 5.41) is 15.3. The third kappa shape index (κ3) is 5.52. The number of rotatable bonds is 6. The lowest BCUT2D eigenvalue weighted by Crippen LogP contribution is -2.31. The van der Waals surface area contributed by atoms with Crippen molar-refractivity contribution < 1.29 is 29.0 Å². The molecule has 9 heteroatoms. The molecule has 9 nitrogen and oxygen atoms in total. The first-order valence-electron chi connectivity index (χ1n) is 13.4. The van der Waals surface area contributed by atoms with E-state index in [0.717, 1.165) is 16.7 Å². The van der Waals surface area contributed by atoms with Crippen LogP contribution < -0.4 is 20.1 Å². The van der Waals surface area contributed by atoms with Gasteiger partial charge in [-0.1, -0.05) is 12.1 Å². The molecule has 3 N–H and O–H groups in total. The summed E-state index contributed by atoms with van der Waals surface area (Å²) in [4.78, 5) is 42.0. The van der Waals surface area contributed by atoms with Crippen LogP contribution in [0.2, 0.25) is 0 Å². The molecule has 0 unspecified atom stereocenters. The molecule has 0 saturated heterocycles. The summed E-state index contributed by atoms with van der Waals surface area (Å²) < 4.78 is 12.0. The highest BCUT2D eigenvalue weighted by Crippen LogP contribution is 2.48. The second-order valence-electron chi connectivity index (χ2n) is 11.7. The van der Waals surface area contributed by atoms with Crippen molar-refractivity contribution in [2.45, 2.75) is 58.6 Å². The molecule has 0 atom stereocenters. The van der Waals surface area contributed by atoms with Gasteiger partial charge in [-0.2, -0.15) is 0 Å². The number of hydrogen-bond acceptors (Lipinski definition) is 6. The van der Waals surface area contributed by atoms with E-state index in [1.165, 1.54) is 19.1 Å². The molecule has 5 rings (SSSR count). The summed E-state index contributed by atoms with van der Waals surface area (Å²) in [7, 11) is 1.63. The number of carbonyl (C=O) groups is 3. The fraction of sp³-hybridized carbons (Fsp3) is 0.312. The minimum absolute atomic E-state index is 0.0552. The van der Waals surface area contributed by atoms with Gasteiger partial charge >= 0.3 is 5.97 Å². The van der Waals surface area contributed by atoms with Crippen molar-refractivity contribution in [3.63, 3.8) is 0 Å². The third-order valence-corrected chi connectivity index (χ3v) is 7.12. The second-order valence-corrected chi connectivity index (χ2v) is 11.7. The standard InChI is InChI=1S/C32H33N3O6/c1-17(36)33-21-9-7-8-19(12-21)29(37)34-24-13-18(10-11-22(24)30(38)39)27-26-20(15-31(2,3)35-27)14-25(40-6)28-23(26)16-32(4,5)41-28/h7-14H,15-16H2,1-6H3,(H,33,36)(H,34,37)(H,38,39). The van der Waals surface area contributed by atoms with Gasteiger partial charge in [-0.25, -0.2) is 4.79 Å². The molecule has 3 aromatic rings. The smallest absolute Gasteiger partial charge is 0.337 e. The molecule has 0 radical (unpaired) electrons. The maximum Gasteiger partial charge on any atom is 0.337 e. The van der Waals surface area contributed by atoms with Gasteiger partial charge in [-0.3, -0.25) is 14.6 Å². The van der Waals surface area contributed by atoms with Gasteiger partial charge in [0.1, 0.15) is 5.60 Å². The fourth-order valence-electron chi connectivity index (χ4n) is 5.55. The van der Waals surface area contributed by atoms with Crippen molar-refractivity contribution in [3.8, 4) is 11.5 Å². The number of ether oxygens (including phenoxy) is 2. The van der Waals surface area contributed by atoms with Crippen LogP contribution in [-0.2, 0) is 17.6 Å². The summed E-state index contributed by atoms with van der Waals surface area (Å²) in [5.41, 5.74) is 4.34. The lowest BCUT2D eigenvalue weighted by Gasteiger charge is -2.31. The normalized spacial score (nSPS) is 16.0. The quantitative estimate of drug-likeness (QED) is 0.369. The van der Waals surface area contributed by atoms with Crippen LogP contribution in [-0.4, -0.2) is 46.9 Å². The minimum atomic E-state index is -1.18. The van der Waals surface area contributed by atoms with Crippen LogP contribution in [0.1, 0.15) is 77.6 Å². The molecule has 0 saturated carbocycles. The van der Waals surface area contributed by atoms with Gasteiger partial charge < -0.3 is 25.2 Å². The number of hydrogen-bond donors (Lipinski definition) is 3. The van der Waals surface area contributed by atoms with E-state index in [1.54, 1.807) is 37.4 Å². The van der Waals surface area contributed by atoms with Crippen LogP contribution in [0, 0.1) is 0 Å². The van der Waals surface area contributed by atoms with Crippen LogP contribution >= 0.6 is 0 Å². The summed E-state index contributed by atoms with van der Waals surface area (Å²) >= 11 is 0. The first-order valence-corrected chi connectivity index (χ1v) is 13.4. The molecule has 2 aliphatic rings. The number of nitrogens with one attached hydrogen (secondary N) is 2. The zero-order valence-electron chi connectivity index (χ0n) is 24.0. The molecule has 212 valence electrons. The van der Waals surface area contributed by atoms with Crippen molar-refractivity contribution in [1.82, 2.24) is 0 Å². The van der Waals surface area contributed by atoms with Crippen LogP contribution in [0.3, 0.4) is 0 Å². The molecule has 2 aliphatic heterocycles. The lowest BCUT2D eigenvalue weighted by atomic mass is 9.80. The van der Waals surface area contributed by atoms with Gasteiger partial charge in [-0.05, 0) is 76.1 Å². The molecule has 0 aromatic heterocycles. The topological polar surface area (TPSA) is 126 Å². The Hall–Kier alpha value is -4.66. The highest BCUT2D eigenvalue weighted by molar-refractivity contribution is 6.18. The van der Waals surface area contributed by atoms with Crippen molar-refractivity contribution in [1.29, 1.82) is 0 Å². The molecular formula is C32H33N3O6. The van der Waals surface area contributed by atoms with E-state index in [2.05, 4.69) is 10.6 Å². The average Bonchev–Trinajstić information content (AvgIpc) is 3.21. The highest BCUT2D eigenvalue weighted by atomic mass is 16.5. The van der Waals surface area contributed by atoms with Crippen LogP contribution in [0.4, 0.5) is 11.4 Å². The largest absolute Gasteiger partial charge is 0.493 e. The lowest BCUT2D eigenvalue weighted by molar-refractivity contribution is -0.114. The first-order chi connectivity index (χ1) is 19.3. The second kappa shape index (κ2) is 10.1. The number of carboxylic acid groups (broad SMARTS) is 1. The molecule has 0 fully saturated rings. The number of carbonyl (C=O) groups excluding carboxylic acids is 2. The summed E-state index contributed by atoms with van der Waals surface area (Å²) in [5.74, 6) is -0.580. The Bertz CT molecular complexity index is 1640. The molecule has 41 heavy (non-hydrogen) atoms. The monoisotopic (exact) mass is 555 g/mol. The van der Waals surface area contributed by atoms with E-state index in [4.69, 9.17) is 14.5 Å². The SMILES string of the molecule is COc1cc2c(c3c1OC(C)(C)C3)C(c1ccc(C(=O)O)c(NC(=O)c3cccc(NC(C)=O)c3)c1)=NC(C)(C)C2. The van der Waals surface area contributed by atoms with Crippen molar-refractivity contribution >= 4 is 34.9 Å². The van der Waals surface area contributed by atoms with Crippen molar-refractivity contribution in [2.24, 2.45) is 4.99 Å². The van der Waals surface area contributed by atoms with E-state index in [0.29, 0.717) is 41.3 Å². The maximum absolute atomic E-state index is 13.2. The first kappa shape index (κ1) is 27.9. The van der Waals surface area contributed by atoms with E-state index in [1.807, 2.05) is 33.8 Å². The van der Waals surface area contributed by atoms with Crippen LogP contribution in [0.5, 0.6) is 11.5 Å². The molecule has 2 heterocycles. The Morgan fingerprint density at radius 3 is 2.44 bits per heavy atom. The van der Waals surface area contributed by atoms with E-state index in [9.17, 15) is 19.5 Å². The molecule has 0 spiro atoms. The van der Waals surface area contributed by atoms with Gasteiger partial charge in [0, 0.05) is 41.3 Å². The van der Waals surface area contributed by atoms with Crippen LogP contribution in [0.15, 0.2) is 53.5 Å². The highest BCUT2D eigenvalue weighted by Gasteiger charge is 2.39. The van der Waals surface area contributed by atoms with E-state index >= 15 is 0 Å². The van der Waals surface area contributed by atoms with Gasteiger partial charge in [-0.15, -0.1) is 0 Å². The predicted octanol–water partition coefficient (Wildman–Crippen LogP) is 5.49. The number of benzene rings is 3. The molecule has 0 bridgehead atoms. The molecule has 3 aromatic carbocycles. The zero-order valence-corrected chi connectivity index (χ0v) is 24.0. The minimum Gasteiger partial charge on any atom is -0.493 e. The molecular weight excluding hydrogens is 522 g/mol. The predicted molar refractivity (Wildman–Crippen MR) is 157 cm³/mol. The number of carboxylic acids is 1. The van der Waals surface area contributed by atoms with Gasteiger partial charge in [0.05, 0.1) is 29.6 Å². The number of aliphatic imine (C=N–C) groups is 1. The maximum atomic E-state index is 13.2. The Morgan fingerprint density at radius 1 is 1.00 bits per heavy atom. The van der Waals surface area contributed by atoms with Crippen molar-refractivity contribution in [3.05, 3.63) is 81.9 Å². The van der Waals surface area contributed by atoms with Crippen molar-refractivity contribution in [2.75, 3.05) is 17.7 Å². The van der Waals surface area contributed by atoms with Crippen LogP contribution in [0.25, 0.3) is 0 Å². The Morgan fingerprint density at radius 2 is 1.76 bits per heavy atom. The Kier molecular flexibility index (Phi) is 6.85. The summed E-state index contributed by atoms with van der Waals surface area (Å²) in [6, 6.07) is 13.3. The van der Waals surface area contributed by atoms with Gasteiger partial charge in [0.25, 0.3) is 5.91 Å². The number of amides is 2. The van der Waals surface area contributed by atoms with E-state index in [-0.39, 0.29) is 22.7 Å². The number of nitrogens with zero attached hydrogens (tertiary/aromatic N) is 1. The van der Waals surface area contributed by atoms with Gasteiger partial charge in [0.2, 0.25) is 5.91 Å². The Balaban J connectivity index is 1.60. The number of anilines is 2. The summed E-state index contributed by atoms with van der Waals surface area (Å²) in [6.45, 7) is 9.53. The zero-order chi connectivity index (χ0) is 29.7. The number of methoxy groups -OCH3 is 1. The Labute approximate surface area is 238 Å².